The van der Waals surface area contributed by atoms with E-state index in [1.165, 1.54) is 4.47 Å². The molecule has 0 nitrogen and oxygen atoms in total. The van der Waals surface area contributed by atoms with Gasteiger partial charge in [0.05, 0.1) is 0 Å². The van der Waals surface area contributed by atoms with Gasteiger partial charge >= 0.3 is 45.1 Å². The topological polar surface area (TPSA) is 0 Å². The molecule has 0 atom stereocenters. The molecule has 0 amide bonds. The quantitative estimate of drug-likeness (QED) is 0.563. The van der Waals surface area contributed by atoms with E-state index in [2.05, 4.69) is 22.1 Å². The summed E-state index contributed by atoms with van der Waals surface area (Å²) in [7, 11) is 0. The van der Waals surface area contributed by atoms with Gasteiger partial charge < -0.3 is 0 Å². The van der Waals surface area contributed by atoms with Crippen molar-refractivity contribution < 1.29 is 16.0 Å². The van der Waals surface area contributed by atoms with Crippen molar-refractivity contribution >= 4 is 0 Å². The first-order chi connectivity index (χ1) is 5.89. The molecule has 63 valence electrons. The predicted octanol–water partition coefficient (Wildman–Crippen LogP) is 3.06. The number of allylic oxidation sites excluding steroid dienone is 4. The molecule has 2 rings (SSSR count). The van der Waals surface area contributed by atoms with Crippen molar-refractivity contribution in [3.8, 4) is 0 Å². The molecule has 0 fully saturated rings. The summed E-state index contributed by atoms with van der Waals surface area (Å²) in [4.78, 5) is 0. The van der Waals surface area contributed by atoms with Crippen molar-refractivity contribution in [2.75, 3.05) is 0 Å². The molecule has 0 saturated heterocycles. The van der Waals surface area contributed by atoms with E-state index in [4.69, 9.17) is 0 Å². The second-order valence-electron chi connectivity index (χ2n) is 2.38. The van der Waals surface area contributed by atoms with Crippen LogP contribution in [0.15, 0.2) is 59.1 Å². The fourth-order valence-corrected chi connectivity index (χ4v) is 1.04. The maximum absolute atomic E-state index is 3.74. The van der Waals surface area contributed by atoms with Gasteiger partial charge in [0.15, 0.2) is 0 Å². The second kappa shape index (κ2) is 5.82. The van der Waals surface area contributed by atoms with Gasteiger partial charge in [-0.2, -0.15) is 0 Å². The van der Waals surface area contributed by atoms with Crippen molar-refractivity contribution in [1.29, 1.82) is 0 Å². The molecule has 0 aromatic heterocycles. The van der Waals surface area contributed by atoms with E-state index in [0.29, 0.717) is 0 Å². The summed E-state index contributed by atoms with van der Waals surface area (Å²) < 4.78 is 1.22. The van der Waals surface area contributed by atoms with Crippen LogP contribution in [0.2, 0.25) is 0 Å². The van der Waals surface area contributed by atoms with Crippen LogP contribution in [0.25, 0.3) is 0 Å². The van der Waals surface area contributed by atoms with E-state index in [0.717, 1.165) is 6.42 Å². The van der Waals surface area contributed by atoms with Crippen molar-refractivity contribution in [1.82, 2.24) is 0 Å². The van der Waals surface area contributed by atoms with Crippen LogP contribution >= 0.6 is 0 Å². The SMILES string of the molecule is [Fe][C]1=CC=CC1.c1ccccc1. The van der Waals surface area contributed by atoms with Crippen LogP contribution in [-0.4, -0.2) is 0 Å². The van der Waals surface area contributed by atoms with Gasteiger partial charge in [0.2, 0.25) is 0 Å². The summed E-state index contributed by atoms with van der Waals surface area (Å²) in [6.45, 7) is 0. The first kappa shape index (κ1) is 9.31. The zero-order valence-corrected chi connectivity index (χ0v) is 7.86. The van der Waals surface area contributed by atoms with Crippen LogP contribution in [0.3, 0.4) is 0 Å². The average Bonchev–Trinajstić information content (AvgIpc) is 2.60. The second-order valence-corrected chi connectivity index (χ2v) is 3.09. The Hall–Kier alpha value is -0.781. The first-order valence-corrected chi connectivity index (χ1v) is 4.45. The molecule has 12 heavy (non-hydrogen) atoms. The van der Waals surface area contributed by atoms with Gasteiger partial charge in [-0.1, -0.05) is 36.4 Å². The fraction of sp³-hybridized carbons (Fsp3) is 0.0909. The summed E-state index contributed by atoms with van der Waals surface area (Å²) in [6, 6.07) is 12.0. The van der Waals surface area contributed by atoms with E-state index in [1.54, 1.807) is 0 Å². The fourth-order valence-electron chi connectivity index (χ4n) is 0.801. The summed E-state index contributed by atoms with van der Waals surface area (Å²) in [5.41, 5.74) is 0. The van der Waals surface area contributed by atoms with Gasteiger partial charge in [0.25, 0.3) is 0 Å². The molecule has 1 heteroatoms. The Morgan fingerprint density at radius 2 is 1.42 bits per heavy atom. The summed E-state index contributed by atoms with van der Waals surface area (Å²) in [5, 5.41) is 0. The zero-order valence-electron chi connectivity index (χ0n) is 6.76. The third-order valence-electron chi connectivity index (χ3n) is 1.38. The van der Waals surface area contributed by atoms with Gasteiger partial charge in [-0.15, -0.1) is 0 Å². The van der Waals surface area contributed by atoms with Crippen LogP contribution < -0.4 is 0 Å². The Kier molecular flexibility index (Phi) is 4.51. The maximum Gasteiger partial charge on any atom is -0.0623 e. The largest absolute Gasteiger partial charge is 0.0623 e. The van der Waals surface area contributed by atoms with Crippen LogP contribution in [0.1, 0.15) is 6.42 Å². The number of hydrogen-bond acceptors (Lipinski definition) is 0. The smallest absolute Gasteiger partial charge is 0.0623 e. The molecule has 0 aliphatic heterocycles. The molecule has 1 aromatic carbocycles. The molecule has 0 saturated carbocycles. The van der Waals surface area contributed by atoms with E-state index in [-0.39, 0.29) is 0 Å². The molecule has 0 N–H and O–H groups in total. The van der Waals surface area contributed by atoms with Crippen molar-refractivity contribution in [3.05, 3.63) is 59.1 Å². The summed E-state index contributed by atoms with van der Waals surface area (Å²) >= 11 is 3.74. The normalized spacial score (nSPS) is 13.2. The number of rotatable bonds is 0. The first-order valence-electron chi connectivity index (χ1n) is 3.89. The third-order valence-corrected chi connectivity index (χ3v) is 1.79. The van der Waals surface area contributed by atoms with E-state index >= 15 is 0 Å². The van der Waals surface area contributed by atoms with Gasteiger partial charge in [-0.05, 0) is 0 Å². The third kappa shape index (κ3) is 4.17. The predicted molar refractivity (Wildman–Crippen MR) is 48.3 cm³/mol. The number of hydrogen-bond donors (Lipinski definition) is 0. The molecule has 0 heterocycles. The Balaban J connectivity index is 0.000000120. The average molecular weight is 199 g/mol. The van der Waals surface area contributed by atoms with E-state index in [9.17, 15) is 0 Å². The molecular weight excluding hydrogens is 188 g/mol. The minimum Gasteiger partial charge on any atom is -0.0623 e. The standard InChI is InChI=1S/C6H6.C5H5.Fe/c1-2-4-6-5-3-1;1-2-4-5-3-1;/h1-6H;1-3H,4H2;. The number of benzene rings is 1. The molecule has 0 radical (unpaired) electrons. The van der Waals surface area contributed by atoms with Crippen LogP contribution in [0.4, 0.5) is 0 Å². The zero-order chi connectivity index (χ0) is 8.65. The van der Waals surface area contributed by atoms with Gasteiger partial charge in [-0.3, -0.25) is 0 Å². The maximum atomic E-state index is 3.74. The molecule has 1 aliphatic rings. The molecule has 1 aromatic rings. The van der Waals surface area contributed by atoms with Gasteiger partial charge in [0.1, 0.15) is 0 Å². The monoisotopic (exact) mass is 199 g/mol. The summed E-state index contributed by atoms with van der Waals surface area (Å²) in [5.74, 6) is 0. The van der Waals surface area contributed by atoms with E-state index < -0.39 is 0 Å². The minimum absolute atomic E-state index is 1.06. The van der Waals surface area contributed by atoms with Crippen molar-refractivity contribution in [3.63, 3.8) is 0 Å². The van der Waals surface area contributed by atoms with Gasteiger partial charge in [-0.25, -0.2) is 0 Å². The minimum atomic E-state index is 1.06. The van der Waals surface area contributed by atoms with E-state index in [1.807, 2.05) is 48.6 Å². The van der Waals surface area contributed by atoms with Crippen molar-refractivity contribution in [2.24, 2.45) is 0 Å². The van der Waals surface area contributed by atoms with Crippen LogP contribution in [-0.2, 0) is 16.0 Å². The molecular formula is C11H11Fe. The Morgan fingerprint density at radius 1 is 0.917 bits per heavy atom. The van der Waals surface area contributed by atoms with Gasteiger partial charge in [0, 0.05) is 0 Å². The molecule has 1 aliphatic carbocycles. The Morgan fingerprint density at radius 3 is 1.58 bits per heavy atom. The van der Waals surface area contributed by atoms with Crippen molar-refractivity contribution in [2.45, 2.75) is 6.42 Å². The Bertz CT molecular complexity index is 233. The Labute approximate surface area is 81.8 Å². The molecule has 0 spiro atoms. The van der Waals surface area contributed by atoms with Crippen LogP contribution in [0, 0.1) is 0 Å². The molecule has 0 bridgehead atoms. The summed E-state index contributed by atoms with van der Waals surface area (Å²) in [6.07, 6.45) is 7.21. The molecule has 0 unspecified atom stereocenters. The van der Waals surface area contributed by atoms with Crippen LogP contribution in [0.5, 0.6) is 0 Å².